The van der Waals surface area contributed by atoms with Crippen molar-refractivity contribution in [3.63, 3.8) is 0 Å². The van der Waals surface area contributed by atoms with Gasteiger partial charge in [0.25, 0.3) is 0 Å². The van der Waals surface area contributed by atoms with E-state index in [-0.39, 0.29) is 0 Å². The van der Waals surface area contributed by atoms with Crippen LogP contribution in [-0.4, -0.2) is 0 Å². The van der Waals surface area contributed by atoms with E-state index in [1.165, 1.54) is 41.5 Å². The first-order chi connectivity index (χ1) is 10.8. The van der Waals surface area contributed by atoms with E-state index in [9.17, 15) is 0 Å². The second-order valence-electron chi connectivity index (χ2n) is 5.26. The first-order valence-electron chi connectivity index (χ1n) is 8.17. The Hall–Kier alpha value is -2.08. The van der Waals surface area contributed by atoms with Gasteiger partial charge in [-0.2, -0.15) is 0 Å². The summed E-state index contributed by atoms with van der Waals surface area (Å²) in [6.07, 6.45) is 8.67. The predicted molar refractivity (Wildman–Crippen MR) is 101 cm³/mol. The zero-order chi connectivity index (χ0) is 16.2. The molecule has 0 unspecified atom stereocenters. The topological polar surface area (TPSA) is 0 Å². The molecule has 0 aliphatic heterocycles. The SMILES string of the molecule is C=Cc1cccc(CC)c1CCCC.C=Cc1ccccc1. The van der Waals surface area contributed by atoms with E-state index in [4.69, 9.17) is 0 Å². The first-order valence-corrected chi connectivity index (χ1v) is 8.17. The van der Waals surface area contributed by atoms with Gasteiger partial charge < -0.3 is 0 Å². The molecular weight excluding hydrogens is 264 g/mol. The number of hydrogen-bond acceptors (Lipinski definition) is 0. The van der Waals surface area contributed by atoms with Crippen molar-refractivity contribution in [2.45, 2.75) is 39.5 Å². The standard InChI is InChI=1S/C14H20.C8H8/c1-4-7-11-14-12(5-2)9-8-10-13(14)6-3;1-2-8-6-4-3-5-7-8/h5,8-10H,2,4,6-7,11H2,1,3H3;2-7H,1H2. The van der Waals surface area contributed by atoms with E-state index in [0.717, 1.165) is 6.42 Å². The van der Waals surface area contributed by atoms with Crippen molar-refractivity contribution in [2.24, 2.45) is 0 Å². The lowest BCUT2D eigenvalue weighted by Gasteiger charge is -2.10. The molecule has 22 heavy (non-hydrogen) atoms. The fraction of sp³-hybridized carbons (Fsp3) is 0.273. The zero-order valence-electron chi connectivity index (χ0n) is 14.0. The Bertz CT molecular complexity index is 564. The molecule has 0 heterocycles. The summed E-state index contributed by atoms with van der Waals surface area (Å²) in [7, 11) is 0. The van der Waals surface area contributed by atoms with Gasteiger partial charge in [0.05, 0.1) is 0 Å². The summed E-state index contributed by atoms with van der Waals surface area (Å²) < 4.78 is 0. The first kappa shape index (κ1) is 18.0. The Morgan fingerprint density at radius 2 is 1.59 bits per heavy atom. The molecule has 0 nitrogen and oxygen atoms in total. The van der Waals surface area contributed by atoms with Crippen LogP contribution in [0.3, 0.4) is 0 Å². The van der Waals surface area contributed by atoms with Crippen molar-refractivity contribution in [3.05, 3.63) is 83.9 Å². The highest BCUT2D eigenvalue weighted by Crippen LogP contribution is 2.19. The third kappa shape index (κ3) is 5.73. The number of hydrogen-bond donors (Lipinski definition) is 0. The molecule has 0 amide bonds. The monoisotopic (exact) mass is 292 g/mol. The van der Waals surface area contributed by atoms with E-state index in [1.54, 1.807) is 0 Å². The van der Waals surface area contributed by atoms with Crippen molar-refractivity contribution in [1.29, 1.82) is 0 Å². The van der Waals surface area contributed by atoms with Crippen LogP contribution in [-0.2, 0) is 12.8 Å². The lowest BCUT2D eigenvalue weighted by atomic mass is 9.95. The minimum Gasteiger partial charge on any atom is -0.0985 e. The lowest BCUT2D eigenvalue weighted by Crippen LogP contribution is -1.96. The molecule has 2 rings (SSSR count). The molecule has 0 N–H and O–H groups in total. The smallest absolute Gasteiger partial charge is 0.0228 e. The van der Waals surface area contributed by atoms with Crippen molar-refractivity contribution >= 4 is 12.2 Å². The summed E-state index contributed by atoms with van der Waals surface area (Å²) >= 11 is 0. The zero-order valence-corrected chi connectivity index (χ0v) is 14.0. The minimum atomic E-state index is 1.13. The second kappa shape index (κ2) is 10.6. The van der Waals surface area contributed by atoms with Gasteiger partial charge in [0.1, 0.15) is 0 Å². The fourth-order valence-electron chi connectivity index (χ4n) is 2.42. The van der Waals surface area contributed by atoms with Crippen LogP contribution < -0.4 is 0 Å². The van der Waals surface area contributed by atoms with Gasteiger partial charge in [-0.15, -0.1) is 0 Å². The van der Waals surface area contributed by atoms with Crippen molar-refractivity contribution in [2.75, 3.05) is 0 Å². The van der Waals surface area contributed by atoms with Gasteiger partial charge in [0, 0.05) is 0 Å². The summed E-state index contributed by atoms with van der Waals surface area (Å²) in [4.78, 5) is 0. The molecule has 0 saturated heterocycles. The number of rotatable bonds is 6. The molecule has 2 aromatic carbocycles. The average molecular weight is 292 g/mol. The van der Waals surface area contributed by atoms with Gasteiger partial charge in [-0.3, -0.25) is 0 Å². The third-order valence-electron chi connectivity index (χ3n) is 3.73. The molecule has 0 saturated carbocycles. The van der Waals surface area contributed by atoms with Crippen LogP contribution in [0.25, 0.3) is 12.2 Å². The van der Waals surface area contributed by atoms with Gasteiger partial charge in [-0.25, -0.2) is 0 Å². The quantitative estimate of drug-likeness (QED) is 0.565. The maximum absolute atomic E-state index is 3.88. The van der Waals surface area contributed by atoms with Gasteiger partial charge >= 0.3 is 0 Å². The molecule has 0 aromatic heterocycles. The Labute approximate surface area is 136 Å². The molecule has 0 aliphatic rings. The third-order valence-corrected chi connectivity index (χ3v) is 3.73. The molecule has 0 aliphatic carbocycles. The van der Waals surface area contributed by atoms with Gasteiger partial charge in [0.15, 0.2) is 0 Å². The highest BCUT2D eigenvalue weighted by Gasteiger charge is 2.03. The second-order valence-corrected chi connectivity index (χ2v) is 5.26. The van der Waals surface area contributed by atoms with Crippen LogP contribution in [0.2, 0.25) is 0 Å². The van der Waals surface area contributed by atoms with Crippen LogP contribution in [0.1, 0.15) is 48.9 Å². The number of unbranched alkanes of at least 4 members (excludes halogenated alkanes) is 1. The average Bonchev–Trinajstić information content (AvgIpc) is 2.60. The Balaban J connectivity index is 0.000000255. The molecule has 0 radical (unpaired) electrons. The highest BCUT2D eigenvalue weighted by atomic mass is 14.1. The van der Waals surface area contributed by atoms with Crippen LogP contribution in [0.5, 0.6) is 0 Å². The Kier molecular flexibility index (Phi) is 8.67. The van der Waals surface area contributed by atoms with Crippen LogP contribution in [0.15, 0.2) is 61.7 Å². The molecule has 116 valence electrons. The van der Waals surface area contributed by atoms with E-state index in [1.807, 2.05) is 42.5 Å². The van der Waals surface area contributed by atoms with Gasteiger partial charge in [-0.1, -0.05) is 94.1 Å². The lowest BCUT2D eigenvalue weighted by molar-refractivity contribution is 0.786. The largest absolute Gasteiger partial charge is 0.0985 e. The highest BCUT2D eigenvalue weighted by molar-refractivity contribution is 5.54. The number of benzene rings is 2. The predicted octanol–water partition coefficient (Wildman–Crippen LogP) is 6.56. The van der Waals surface area contributed by atoms with Gasteiger partial charge in [-0.05, 0) is 41.5 Å². The summed E-state index contributed by atoms with van der Waals surface area (Å²) in [5.74, 6) is 0. The molecule has 0 spiro atoms. The summed E-state index contributed by atoms with van der Waals surface area (Å²) in [6, 6.07) is 16.6. The molecule has 0 fully saturated rings. The van der Waals surface area contributed by atoms with Crippen molar-refractivity contribution in [1.82, 2.24) is 0 Å². The molecule has 2 aromatic rings. The van der Waals surface area contributed by atoms with E-state index in [2.05, 4.69) is 45.2 Å². The van der Waals surface area contributed by atoms with Crippen molar-refractivity contribution < 1.29 is 0 Å². The molecule has 0 bridgehead atoms. The Morgan fingerprint density at radius 1 is 0.864 bits per heavy atom. The van der Waals surface area contributed by atoms with Crippen LogP contribution in [0.4, 0.5) is 0 Å². The molecule has 0 atom stereocenters. The molecule has 0 heteroatoms. The normalized spacial score (nSPS) is 9.55. The molecular formula is C22H28. The van der Waals surface area contributed by atoms with Gasteiger partial charge in [0.2, 0.25) is 0 Å². The maximum atomic E-state index is 3.88. The maximum Gasteiger partial charge on any atom is -0.0228 e. The van der Waals surface area contributed by atoms with E-state index < -0.39 is 0 Å². The van der Waals surface area contributed by atoms with E-state index in [0.29, 0.717) is 0 Å². The number of aryl methyl sites for hydroxylation is 1. The van der Waals surface area contributed by atoms with Crippen molar-refractivity contribution in [3.8, 4) is 0 Å². The summed E-state index contributed by atoms with van der Waals surface area (Å²) in [5.41, 5.74) is 5.48. The fourth-order valence-corrected chi connectivity index (χ4v) is 2.42. The van der Waals surface area contributed by atoms with Crippen LogP contribution in [0, 0.1) is 0 Å². The summed E-state index contributed by atoms with van der Waals surface area (Å²) in [5, 5.41) is 0. The minimum absolute atomic E-state index is 1.13. The Morgan fingerprint density at radius 3 is 2.09 bits per heavy atom. The van der Waals surface area contributed by atoms with Crippen LogP contribution >= 0.6 is 0 Å². The van der Waals surface area contributed by atoms with E-state index >= 15 is 0 Å². The summed E-state index contributed by atoms with van der Waals surface area (Å²) in [6.45, 7) is 12.0.